The van der Waals surface area contributed by atoms with Crippen LogP contribution in [0.3, 0.4) is 0 Å². The number of hydrogen-bond acceptors (Lipinski definition) is 2. The van der Waals surface area contributed by atoms with E-state index in [9.17, 15) is 4.79 Å². The van der Waals surface area contributed by atoms with Gasteiger partial charge in [0.1, 0.15) is 0 Å². The largest absolute Gasteiger partial charge is 0.348 e. The Labute approximate surface area is 103 Å². The normalized spacial score (nSPS) is 11.4. The third kappa shape index (κ3) is 4.21. The van der Waals surface area contributed by atoms with Crippen LogP contribution in [0.5, 0.6) is 0 Å². The summed E-state index contributed by atoms with van der Waals surface area (Å²) in [4.78, 5) is 11.6. The van der Waals surface area contributed by atoms with Gasteiger partial charge in [-0.3, -0.25) is 4.79 Å². The quantitative estimate of drug-likeness (QED) is 0.845. The second-order valence-electron chi connectivity index (χ2n) is 3.66. The molecule has 1 rings (SSSR count). The zero-order valence-corrected chi connectivity index (χ0v) is 10.5. The van der Waals surface area contributed by atoms with Crippen LogP contribution < -0.4 is 11.1 Å². The number of halogens is 1. The predicted octanol–water partition coefficient (Wildman–Crippen LogP) is 1.75. The van der Waals surface area contributed by atoms with Gasteiger partial charge in [0.25, 0.3) is 5.91 Å². The number of aryl methyl sites for hydroxylation is 1. The number of carbonyl (C=O) groups is 1. The third-order valence-corrected chi connectivity index (χ3v) is 2.36. The molecule has 1 atom stereocenters. The fraction of sp³-hybridized carbons (Fsp3) is 0.417. The molecule has 0 aliphatic rings. The van der Waals surface area contributed by atoms with E-state index in [4.69, 9.17) is 5.73 Å². The molecule has 0 aliphatic heterocycles. The highest BCUT2D eigenvalue weighted by atomic mass is 35.5. The van der Waals surface area contributed by atoms with Crippen LogP contribution in [0.4, 0.5) is 0 Å². The minimum atomic E-state index is -0.0596. The van der Waals surface area contributed by atoms with E-state index in [-0.39, 0.29) is 24.4 Å². The molecule has 0 heterocycles. The van der Waals surface area contributed by atoms with Crippen molar-refractivity contribution in [2.45, 2.75) is 26.3 Å². The van der Waals surface area contributed by atoms with Crippen LogP contribution in [0.1, 0.15) is 29.8 Å². The highest BCUT2D eigenvalue weighted by Gasteiger charge is 2.07. The van der Waals surface area contributed by atoms with Crippen molar-refractivity contribution in [2.24, 2.45) is 5.73 Å². The van der Waals surface area contributed by atoms with Crippen molar-refractivity contribution in [1.82, 2.24) is 5.32 Å². The predicted molar refractivity (Wildman–Crippen MR) is 69.1 cm³/mol. The summed E-state index contributed by atoms with van der Waals surface area (Å²) in [6, 6.07) is 7.65. The molecule has 1 aromatic rings. The maximum atomic E-state index is 11.6. The topological polar surface area (TPSA) is 55.1 Å². The summed E-state index contributed by atoms with van der Waals surface area (Å²) in [5.41, 5.74) is 7.35. The van der Waals surface area contributed by atoms with E-state index in [2.05, 4.69) is 12.2 Å². The molecule has 16 heavy (non-hydrogen) atoms. The summed E-state index contributed by atoms with van der Waals surface area (Å²) in [6.07, 6.45) is 0.987. The molecule has 0 fully saturated rings. The van der Waals surface area contributed by atoms with E-state index in [1.54, 1.807) is 0 Å². The molecule has 0 radical (unpaired) electrons. The summed E-state index contributed by atoms with van der Waals surface area (Å²) in [5.74, 6) is -0.0596. The van der Waals surface area contributed by atoms with Crippen LogP contribution in [0.2, 0.25) is 0 Å². The van der Waals surface area contributed by atoms with Gasteiger partial charge in [-0.1, -0.05) is 19.1 Å². The van der Waals surface area contributed by atoms with Crippen LogP contribution in [0, 0.1) is 0 Å². The van der Waals surface area contributed by atoms with Gasteiger partial charge in [-0.05, 0) is 31.0 Å². The van der Waals surface area contributed by atoms with Crippen LogP contribution in [0.15, 0.2) is 24.3 Å². The molecule has 90 valence electrons. The maximum Gasteiger partial charge on any atom is 0.251 e. The minimum absolute atomic E-state index is 0. The summed E-state index contributed by atoms with van der Waals surface area (Å²) < 4.78 is 0. The van der Waals surface area contributed by atoms with Crippen LogP contribution in [0.25, 0.3) is 0 Å². The second kappa shape index (κ2) is 7.25. The smallest absolute Gasteiger partial charge is 0.251 e. The molecule has 0 saturated carbocycles. The average molecular weight is 243 g/mol. The molecule has 1 aromatic carbocycles. The maximum absolute atomic E-state index is 11.6. The zero-order valence-electron chi connectivity index (χ0n) is 9.69. The van der Waals surface area contributed by atoms with Gasteiger partial charge in [-0.15, -0.1) is 12.4 Å². The van der Waals surface area contributed by atoms with Gasteiger partial charge in [-0.2, -0.15) is 0 Å². The molecule has 0 aromatic heterocycles. The molecule has 3 nitrogen and oxygen atoms in total. The summed E-state index contributed by atoms with van der Waals surface area (Å²) in [7, 11) is 0. The third-order valence-electron chi connectivity index (χ3n) is 2.36. The van der Waals surface area contributed by atoms with Gasteiger partial charge in [0.15, 0.2) is 0 Å². The Morgan fingerprint density at radius 1 is 1.38 bits per heavy atom. The first kappa shape index (κ1) is 14.9. The highest BCUT2D eigenvalue weighted by molar-refractivity contribution is 5.94. The van der Waals surface area contributed by atoms with Crippen molar-refractivity contribution in [3.05, 3.63) is 35.4 Å². The average Bonchev–Trinajstić information content (AvgIpc) is 2.29. The first-order valence-corrected chi connectivity index (χ1v) is 5.27. The van der Waals surface area contributed by atoms with Crippen molar-refractivity contribution in [3.63, 3.8) is 0 Å². The van der Waals surface area contributed by atoms with Crippen molar-refractivity contribution in [2.75, 3.05) is 6.54 Å². The lowest BCUT2D eigenvalue weighted by Gasteiger charge is -2.11. The molecule has 0 unspecified atom stereocenters. The Hall–Kier alpha value is -1.06. The number of rotatable bonds is 4. The number of nitrogens with one attached hydrogen (secondary N) is 1. The van der Waals surface area contributed by atoms with Gasteiger partial charge >= 0.3 is 0 Å². The molecular formula is C12H19ClN2O. The standard InChI is InChI=1S/C12H18N2O.ClH/c1-3-10-4-6-11(7-5-10)12(15)14-9(2)8-13;/h4-7,9H,3,8,13H2,1-2H3,(H,14,15);1H/t9-;/m1./s1. The van der Waals surface area contributed by atoms with E-state index < -0.39 is 0 Å². The van der Waals surface area contributed by atoms with Gasteiger partial charge in [0.05, 0.1) is 0 Å². The van der Waals surface area contributed by atoms with Crippen molar-refractivity contribution >= 4 is 18.3 Å². The monoisotopic (exact) mass is 242 g/mol. The highest BCUT2D eigenvalue weighted by Crippen LogP contribution is 2.05. The summed E-state index contributed by atoms with van der Waals surface area (Å²) in [5, 5.41) is 2.82. The SMILES string of the molecule is CCc1ccc(C(=O)N[C@H](C)CN)cc1.Cl. The van der Waals surface area contributed by atoms with E-state index in [0.717, 1.165) is 6.42 Å². The molecule has 0 aliphatic carbocycles. The molecule has 0 bridgehead atoms. The fourth-order valence-electron chi connectivity index (χ4n) is 1.26. The van der Waals surface area contributed by atoms with Crippen molar-refractivity contribution in [1.29, 1.82) is 0 Å². The van der Waals surface area contributed by atoms with Gasteiger partial charge in [0.2, 0.25) is 0 Å². The van der Waals surface area contributed by atoms with E-state index >= 15 is 0 Å². The Morgan fingerprint density at radius 2 is 1.94 bits per heavy atom. The Bertz CT molecular complexity index is 324. The number of amides is 1. The molecule has 3 N–H and O–H groups in total. The van der Waals surface area contributed by atoms with Gasteiger partial charge < -0.3 is 11.1 Å². The lowest BCUT2D eigenvalue weighted by atomic mass is 10.1. The zero-order chi connectivity index (χ0) is 11.3. The first-order valence-electron chi connectivity index (χ1n) is 5.27. The van der Waals surface area contributed by atoms with Gasteiger partial charge in [0, 0.05) is 18.2 Å². The lowest BCUT2D eigenvalue weighted by Crippen LogP contribution is -2.37. The minimum Gasteiger partial charge on any atom is -0.348 e. The Morgan fingerprint density at radius 3 is 2.38 bits per heavy atom. The number of nitrogens with two attached hydrogens (primary N) is 1. The Balaban J connectivity index is 0.00000225. The van der Waals surface area contributed by atoms with Crippen LogP contribution in [-0.2, 0) is 6.42 Å². The second-order valence-corrected chi connectivity index (χ2v) is 3.66. The molecule has 1 amide bonds. The lowest BCUT2D eigenvalue weighted by molar-refractivity contribution is 0.0941. The van der Waals surface area contributed by atoms with Crippen LogP contribution in [-0.4, -0.2) is 18.5 Å². The van der Waals surface area contributed by atoms with Crippen molar-refractivity contribution < 1.29 is 4.79 Å². The summed E-state index contributed by atoms with van der Waals surface area (Å²) >= 11 is 0. The van der Waals surface area contributed by atoms with E-state index in [1.807, 2.05) is 31.2 Å². The number of benzene rings is 1. The fourth-order valence-corrected chi connectivity index (χ4v) is 1.26. The molecule has 4 heteroatoms. The first-order chi connectivity index (χ1) is 7.17. The summed E-state index contributed by atoms with van der Waals surface area (Å²) in [6.45, 7) is 4.43. The number of carbonyl (C=O) groups excluding carboxylic acids is 1. The van der Waals surface area contributed by atoms with E-state index in [0.29, 0.717) is 12.1 Å². The van der Waals surface area contributed by atoms with Crippen molar-refractivity contribution in [3.8, 4) is 0 Å². The number of hydrogen-bond donors (Lipinski definition) is 2. The van der Waals surface area contributed by atoms with Crippen LogP contribution >= 0.6 is 12.4 Å². The molecule has 0 saturated heterocycles. The van der Waals surface area contributed by atoms with Gasteiger partial charge in [-0.25, -0.2) is 0 Å². The molecular weight excluding hydrogens is 224 g/mol. The Kier molecular flexibility index (Phi) is 6.77. The molecule has 0 spiro atoms. The van der Waals surface area contributed by atoms with E-state index in [1.165, 1.54) is 5.56 Å².